The number of hydrogen-bond donors (Lipinski definition) is 0. The molecule has 1 aromatic rings. The Morgan fingerprint density at radius 2 is 2.09 bits per heavy atom. The van der Waals surface area contributed by atoms with Gasteiger partial charge in [-0.3, -0.25) is 0 Å². The summed E-state index contributed by atoms with van der Waals surface area (Å²) in [6, 6.07) is 10.7. The Morgan fingerprint density at radius 3 is 2.73 bits per heavy atom. The van der Waals surface area contributed by atoms with Gasteiger partial charge >= 0.3 is 72.5 Å². The van der Waals surface area contributed by atoms with Crippen LogP contribution in [0.2, 0.25) is 5.32 Å². The van der Waals surface area contributed by atoms with Gasteiger partial charge in [-0.1, -0.05) is 0 Å². The van der Waals surface area contributed by atoms with E-state index in [1.807, 2.05) is 0 Å². The van der Waals surface area contributed by atoms with E-state index in [1.165, 1.54) is 9.78 Å². The van der Waals surface area contributed by atoms with Crippen molar-refractivity contribution in [3.05, 3.63) is 30.3 Å². The molecule has 1 aromatic carbocycles. The zero-order valence-electron chi connectivity index (χ0n) is 6.19. The van der Waals surface area contributed by atoms with Gasteiger partial charge in [-0.2, -0.15) is 0 Å². The van der Waals surface area contributed by atoms with Crippen LogP contribution in [-0.2, 0) is 4.74 Å². The molecule has 0 radical (unpaired) electrons. The number of hydrogen-bond acceptors (Lipinski definition) is 1. The van der Waals surface area contributed by atoms with Gasteiger partial charge in [0.2, 0.25) is 0 Å². The summed E-state index contributed by atoms with van der Waals surface area (Å²) in [6.45, 7) is 0.995. The van der Waals surface area contributed by atoms with Gasteiger partial charge in [0.1, 0.15) is 0 Å². The molecule has 0 aliphatic carbocycles. The van der Waals surface area contributed by atoms with Crippen LogP contribution >= 0.6 is 0 Å². The summed E-state index contributed by atoms with van der Waals surface area (Å²) in [5.74, 6) is 0. The van der Waals surface area contributed by atoms with Gasteiger partial charge in [0.05, 0.1) is 0 Å². The number of benzene rings is 1. The molecule has 1 aliphatic rings. The molecular weight excluding hydrogens is 203 g/mol. The van der Waals surface area contributed by atoms with E-state index in [0.29, 0.717) is 21.1 Å². The maximum absolute atomic E-state index is 5.15. The molecule has 0 amide bonds. The van der Waals surface area contributed by atoms with Crippen LogP contribution < -0.4 is 4.46 Å². The van der Waals surface area contributed by atoms with Crippen LogP contribution in [0.15, 0.2) is 30.3 Å². The summed E-state index contributed by atoms with van der Waals surface area (Å²) >= 11 is 0.627. The number of epoxide rings is 1. The third-order valence-electron chi connectivity index (χ3n) is 1.58. The van der Waals surface area contributed by atoms with Gasteiger partial charge in [-0.05, 0) is 0 Å². The summed E-state index contributed by atoms with van der Waals surface area (Å²) in [6.07, 6.45) is 0.593. The van der Waals surface area contributed by atoms with E-state index >= 15 is 0 Å². The minimum atomic E-state index is 0.593. The zero-order chi connectivity index (χ0) is 7.52. The fraction of sp³-hybridized carbons (Fsp3) is 0.333. The van der Waals surface area contributed by atoms with E-state index in [1.54, 1.807) is 0 Å². The van der Waals surface area contributed by atoms with Crippen molar-refractivity contribution < 1.29 is 4.74 Å². The maximum atomic E-state index is 5.15. The first kappa shape index (κ1) is 7.35. The average Bonchev–Trinajstić information content (AvgIpc) is 2.86. The van der Waals surface area contributed by atoms with Gasteiger partial charge in [0, 0.05) is 0 Å². The Bertz CT molecular complexity index is 218. The molecule has 0 bridgehead atoms. The SMILES string of the molecule is c1ccc([Se]CC2CO2)cc1. The van der Waals surface area contributed by atoms with Crippen LogP contribution in [0.5, 0.6) is 0 Å². The third-order valence-corrected chi connectivity index (χ3v) is 3.98. The van der Waals surface area contributed by atoms with Gasteiger partial charge < -0.3 is 0 Å². The molecule has 0 aromatic heterocycles. The topological polar surface area (TPSA) is 12.5 Å². The standard InChI is InChI=1S/C9H10OSe/c1-2-4-9(5-3-1)11-7-8-6-10-8/h1-5,8H,6-7H2. The van der Waals surface area contributed by atoms with Gasteiger partial charge in [-0.25, -0.2) is 0 Å². The fourth-order valence-corrected chi connectivity index (χ4v) is 2.80. The number of ether oxygens (including phenoxy) is 1. The van der Waals surface area contributed by atoms with Crippen molar-refractivity contribution in [3.63, 3.8) is 0 Å². The summed E-state index contributed by atoms with van der Waals surface area (Å²) in [5.41, 5.74) is 0. The summed E-state index contributed by atoms with van der Waals surface area (Å²) < 4.78 is 6.63. The van der Waals surface area contributed by atoms with Crippen LogP contribution in [0.4, 0.5) is 0 Å². The normalized spacial score (nSPS) is 21.6. The van der Waals surface area contributed by atoms with Crippen molar-refractivity contribution in [1.82, 2.24) is 0 Å². The van der Waals surface area contributed by atoms with E-state index < -0.39 is 0 Å². The van der Waals surface area contributed by atoms with E-state index in [-0.39, 0.29) is 0 Å². The molecule has 1 heterocycles. The second-order valence-corrected chi connectivity index (χ2v) is 4.87. The van der Waals surface area contributed by atoms with Crippen molar-refractivity contribution >= 4 is 19.4 Å². The van der Waals surface area contributed by atoms with Crippen molar-refractivity contribution in [1.29, 1.82) is 0 Å². The molecule has 11 heavy (non-hydrogen) atoms. The molecule has 1 atom stereocenters. The Balaban J connectivity index is 1.85. The van der Waals surface area contributed by atoms with Crippen molar-refractivity contribution in [3.8, 4) is 0 Å². The first-order chi connectivity index (χ1) is 5.45. The van der Waals surface area contributed by atoms with Gasteiger partial charge in [0.15, 0.2) is 0 Å². The van der Waals surface area contributed by atoms with Crippen LogP contribution in [0, 0.1) is 0 Å². The van der Waals surface area contributed by atoms with Crippen molar-refractivity contribution in [2.45, 2.75) is 11.4 Å². The zero-order valence-corrected chi connectivity index (χ0v) is 7.91. The third kappa shape index (κ3) is 2.33. The second-order valence-electron chi connectivity index (χ2n) is 2.58. The minimum absolute atomic E-state index is 0.593. The van der Waals surface area contributed by atoms with Crippen LogP contribution in [0.1, 0.15) is 0 Å². The predicted molar refractivity (Wildman–Crippen MR) is 46.4 cm³/mol. The second kappa shape index (κ2) is 3.40. The van der Waals surface area contributed by atoms with Gasteiger partial charge in [-0.15, -0.1) is 0 Å². The fourth-order valence-electron chi connectivity index (χ4n) is 0.870. The van der Waals surface area contributed by atoms with E-state index in [9.17, 15) is 0 Å². The number of rotatable bonds is 3. The monoisotopic (exact) mass is 214 g/mol. The van der Waals surface area contributed by atoms with E-state index in [0.717, 1.165) is 6.61 Å². The summed E-state index contributed by atoms with van der Waals surface area (Å²) in [4.78, 5) is 0. The molecular formula is C9H10OSe. The Kier molecular flexibility index (Phi) is 2.27. The van der Waals surface area contributed by atoms with Crippen molar-refractivity contribution in [2.24, 2.45) is 0 Å². The molecule has 1 unspecified atom stereocenters. The Morgan fingerprint density at radius 1 is 1.36 bits per heavy atom. The summed E-state index contributed by atoms with van der Waals surface area (Å²) in [7, 11) is 0. The molecule has 1 aliphatic heterocycles. The Hall–Kier alpha value is -0.301. The van der Waals surface area contributed by atoms with E-state index in [2.05, 4.69) is 30.3 Å². The molecule has 1 fully saturated rings. The molecule has 1 nitrogen and oxygen atoms in total. The first-order valence-electron chi connectivity index (χ1n) is 3.74. The van der Waals surface area contributed by atoms with Crippen LogP contribution in [-0.4, -0.2) is 27.7 Å². The van der Waals surface area contributed by atoms with E-state index in [4.69, 9.17) is 4.74 Å². The first-order valence-corrected chi connectivity index (χ1v) is 5.81. The molecule has 0 saturated carbocycles. The van der Waals surface area contributed by atoms with Crippen LogP contribution in [0.25, 0.3) is 0 Å². The quantitative estimate of drug-likeness (QED) is 0.535. The average molecular weight is 213 g/mol. The molecule has 0 N–H and O–H groups in total. The van der Waals surface area contributed by atoms with Gasteiger partial charge in [0.25, 0.3) is 0 Å². The summed E-state index contributed by atoms with van der Waals surface area (Å²) in [5, 5.41) is 1.25. The van der Waals surface area contributed by atoms with Crippen LogP contribution in [0.3, 0.4) is 0 Å². The molecule has 1 saturated heterocycles. The molecule has 0 spiro atoms. The molecule has 2 rings (SSSR count). The molecule has 2 heteroatoms. The molecule has 58 valence electrons. The van der Waals surface area contributed by atoms with Crippen molar-refractivity contribution in [2.75, 3.05) is 6.61 Å². The predicted octanol–water partition coefficient (Wildman–Crippen LogP) is 0.833. The Labute approximate surface area is 72.9 Å².